The number of aryl methyl sites for hydroxylation is 2. The van der Waals surface area contributed by atoms with Crippen molar-refractivity contribution < 1.29 is 13.9 Å². The van der Waals surface area contributed by atoms with Gasteiger partial charge in [-0.25, -0.2) is 0 Å². The molecule has 0 atom stereocenters. The van der Waals surface area contributed by atoms with Gasteiger partial charge in [-0.3, -0.25) is 4.79 Å². The number of furan rings is 1. The van der Waals surface area contributed by atoms with Gasteiger partial charge >= 0.3 is 0 Å². The number of amides is 1. The van der Waals surface area contributed by atoms with Gasteiger partial charge in [0.2, 0.25) is 0 Å². The Kier molecular flexibility index (Phi) is 4.71. The van der Waals surface area contributed by atoms with E-state index in [0.29, 0.717) is 25.4 Å². The molecule has 5 nitrogen and oxygen atoms in total. The summed E-state index contributed by atoms with van der Waals surface area (Å²) in [5.41, 5.74) is 4.62. The molecule has 0 fully saturated rings. The first-order chi connectivity index (χ1) is 11.6. The Hall–Kier alpha value is -2.53. The summed E-state index contributed by atoms with van der Waals surface area (Å²) >= 11 is 0. The van der Waals surface area contributed by atoms with Crippen LogP contribution in [0.5, 0.6) is 0 Å². The lowest BCUT2D eigenvalue weighted by atomic mass is 10.1. The van der Waals surface area contributed by atoms with E-state index in [2.05, 4.69) is 30.4 Å². The maximum atomic E-state index is 12.5. The molecule has 0 spiro atoms. The zero-order valence-electron chi connectivity index (χ0n) is 14.3. The minimum atomic E-state index is -0.122. The number of nitrogens with zero attached hydrogens (tertiary/aromatic N) is 1. The molecule has 1 amide bonds. The Morgan fingerprint density at radius 3 is 2.83 bits per heavy atom. The molecule has 0 aliphatic heterocycles. The molecule has 24 heavy (non-hydrogen) atoms. The SMILES string of the molecule is COCCNC(=O)c1cc2oc(C)cc2n1Cc1cccc(C)c1. The molecule has 0 aliphatic carbocycles. The third-order valence-corrected chi connectivity index (χ3v) is 3.96. The molecule has 3 rings (SSSR count). The van der Waals surface area contributed by atoms with E-state index < -0.39 is 0 Å². The van der Waals surface area contributed by atoms with Crippen LogP contribution >= 0.6 is 0 Å². The highest BCUT2D eigenvalue weighted by Gasteiger charge is 2.18. The van der Waals surface area contributed by atoms with Crippen LogP contribution in [0.15, 0.2) is 40.8 Å². The molecule has 2 heterocycles. The maximum absolute atomic E-state index is 12.5. The molecular formula is C19H22N2O3. The van der Waals surface area contributed by atoms with Gasteiger partial charge in [0.05, 0.1) is 12.1 Å². The van der Waals surface area contributed by atoms with Gasteiger partial charge in [-0.2, -0.15) is 0 Å². The summed E-state index contributed by atoms with van der Waals surface area (Å²) in [7, 11) is 1.61. The highest BCUT2D eigenvalue weighted by Crippen LogP contribution is 2.25. The number of fused-ring (bicyclic) bond motifs is 1. The van der Waals surface area contributed by atoms with Gasteiger partial charge in [0.1, 0.15) is 11.5 Å². The highest BCUT2D eigenvalue weighted by molar-refractivity contribution is 5.97. The summed E-state index contributed by atoms with van der Waals surface area (Å²) < 4.78 is 12.7. The Morgan fingerprint density at radius 1 is 1.25 bits per heavy atom. The molecule has 126 valence electrons. The molecule has 0 bridgehead atoms. The number of methoxy groups -OCH3 is 1. The van der Waals surface area contributed by atoms with E-state index in [1.54, 1.807) is 13.2 Å². The lowest BCUT2D eigenvalue weighted by Crippen LogP contribution is -2.29. The van der Waals surface area contributed by atoms with Gasteiger partial charge in [-0.15, -0.1) is 0 Å². The quantitative estimate of drug-likeness (QED) is 0.707. The summed E-state index contributed by atoms with van der Waals surface area (Å²) in [4.78, 5) is 12.5. The van der Waals surface area contributed by atoms with E-state index in [4.69, 9.17) is 9.15 Å². The molecule has 5 heteroatoms. The van der Waals surface area contributed by atoms with Gasteiger partial charge in [0.15, 0.2) is 5.58 Å². The number of hydrogen-bond acceptors (Lipinski definition) is 3. The average Bonchev–Trinajstić information content (AvgIpc) is 3.05. The number of benzene rings is 1. The van der Waals surface area contributed by atoms with E-state index >= 15 is 0 Å². The fraction of sp³-hybridized carbons (Fsp3) is 0.316. The topological polar surface area (TPSA) is 56.4 Å². The minimum Gasteiger partial charge on any atom is -0.460 e. The number of ether oxygens (including phenoxy) is 1. The predicted octanol–water partition coefficient (Wildman–Crippen LogP) is 3.28. The van der Waals surface area contributed by atoms with E-state index in [-0.39, 0.29) is 5.91 Å². The first kappa shape index (κ1) is 16.3. The van der Waals surface area contributed by atoms with E-state index in [1.807, 2.05) is 23.6 Å². The Balaban J connectivity index is 1.96. The van der Waals surface area contributed by atoms with Crippen molar-refractivity contribution >= 4 is 17.0 Å². The number of nitrogens with one attached hydrogen (secondary N) is 1. The number of aromatic nitrogens is 1. The Morgan fingerprint density at radius 2 is 2.08 bits per heavy atom. The number of carbonyl (C=O) groups is 1. The first-order valence-corrected chi connectivity index (χ1v) is 8.01. The largest absolute Gasteiger partial charge is 0.460 e. The molecular weight excluding hydrogens is 304 g/mol. The van der Waals surface area contributed by atoms with Crippen LogP contribution in [0.4, 0.5) is 0 Å². The maximum Gasteiger partial charge on any atom is 0.268 e. The number of rotatable bonds is 6. The summed E-state index contributed by atoms with van der Waals surface area (Å²) in [6.07, 6.45) is 0. The zero-order chi connectivity index (χ0) is 17.1. The van der Waals surface area contributed by atoms with Gasteiger partial charge in [0.25, 0.3) is 5.91 Å². The van der Waals surface area contributed by atoms with Crippen LogP contribution in [0.25, 0.3) is 11.1 Å². The molecule has 1 aromatic carbocycles. The van der Waals surface area contributed by atoms with Gasteiger partial charge < -0.3 is 19.0 Å². The molecule has 0 aliphatic rings. The van der Waals surface area contributed by atoms with Crippen molar-refractivity contribution in [3.8, 4) is 0 Å². The molecule has 0 saturated heterocycles. The zero-order valence-corrected chi connectivity index (χ0v) is 14.3. The Bertz CT molecular complexity index is 861. The van der Waals surface area contributed by atoms with Crippen molar-refractivity contribution in [3.05, 3.63) is 59.0 Å². The predicted molar refractivity (Wildman–Crippen MR) is 93.4 cm³/mol. The first-order valence-electron chi connectivity index (χ1n) is 8.01. The molecule has 3 aromatic rings. The second-order valence-corrected chi connectivity index (χ2v) is 5.96. The smallest absolute Gasteiger partial charge is 0.268 e. The van der Waals surface area contributed by atoms with Crippen molar-refractivity contribution in [2.45, 2.75) is 20.4 Å². The van der Waals surface area contributed by atoms with E-state index in [9.17, 15) is 4.79 Å². The third-order valence-electron chi connectivity index (χ3n) is 3.96. The summed E-state index contributed by atoms with van der Waals surface area (Å²) in [6.45, 7) is 5.56. The van der Waals surface area contributed by atoms with Crippen molar-refractivity contribution in [1.82, 2.24) is 9.88 Å². The third kappa shape index (κ3) is 3.36. The minimum absolute atomic E-state index is 0.122. The standard InChI is InChI=1S/C19H22N2O3/c1-13-5-4-6-15(9-13)12-21-16-10-14(2)24-18(16)11-17(21)19(22)20-7-8-23-3/h4-6,9-11H,7-8,12H2,1-3H3,(H,20,22). The summed E-state index contributed by atoms with van der Waals surface area (Å²) in [5, 5.41) is 2.88. The summed E-state index contributed by atoms with van der Waals surface area (Å²) in [6, 6.07) is 12.1. The average molecular weight is 326 g/mol. The lowest BCUT2D eigenvalue weighted by molar-refractivity contribution is 0.0928. The van der Waals surface area contributed by atoms with Crippen LogP contribution in [-0.2, 0) is 11.3 Å². The lowest BCUT2D eigenvalue weighted by Gasteiger charge is -2.11. The second-order valence-electron chi connectivity index (χ2n) is 5.96. The van der Waals surface area contributed by atoms with Crippen LogP contribution in [0.3, 0.4) is 0 Å². The molecule has 1 N–H and O–H groups in total. The number of carbonyl (C=O) groups excluding carboxylic acids is 1. The summed E-state index contributed by atoms with van der Waals surface area (Å²) in [5.74, 6) is 0.716. The van der Waals surface area contributed by atoms with Gasteiger partial charge in [0, 0.05) is 32.3 Å². The van der Waals surface area contributed by atoms with E-state index in [0.717, 1.165) is 22.4 Å². The van der Waals surface area contributed by atoms with Crippen LogP contribution in [-0.4, -0.2) is 30.7 Å². The highest BCUT2D eigenvalue weighted by atomic mass is 16.5. The fourth-order valence-corrected chi connectivity index (χ4v) is 2.87. The van der Waals surface area contributed by atoms with Crippen LogP contribution < -0.4 is 5.32 Å². The fourth-order valence-electron chi connectivity index (χ4n) is 2.87. The number of hydrogen-bond donors (Lipinski definition) is 1. The Labute approximate surface area is 141 Å². The van der Waals surface area contributed by atoms with Crippen LogP contribution in [0, 0.1) is 13.8 Å². The van der Waals surface area contributed by atoms with Gasteiger partial charge in [-0.05, 0) is 19.4 Å². The molecule has 0 radical (unpaired) electrons. The molecule has 0 unspecified atom stereocenters. The molecule has 0 saturated carbocycles. The van der Waals surface area contributed by atoms with E-state index in [1.165, 1.54) is 5.56 Å². The second kappa shape index (κ2) is 6.93. The monoisotopic (exact) mass is 326 g/mol. The normalized spacial score (nSPS) is 11.1. The van der Waals surface area contributed by atoms with Crippen molar-refractivity contribution in [2.75, 3.05) is 20.3 Å². The molecule has 2 aromatic heterocycles. The van der Waals surface area contributed by atoms with Crippen molar-refractivity contribution in [2.24, 2.45) is 0 Å². The van der Waals surface area contributed by atoms with Gasteiger partial charge in [-0.1, -0.05) is 29.8 Å². The van der Waals surface area contributed by atoms with Crippen LogP contribution in [0.1, 0.15) is 27.4 Å². The van der Waals surface area contributed by atoms with Crippen molar-refractivity contribution in [3.63, 3.8) is 0 Å². The van der Waals surface area contributed by atoms with Crippen molar-refractivity contribution in [1.29, 1.82) is 0 Å². The van der Waals surface area contributed by atoms with Crippen LogP contribution in [0.2, 0.25) is 0 Å².